The van der Waals surface area contributed by atoms with Crippen LogP contribution in [0.4, 0.5) is 0 Å². The van der Waals surface area contributed by atoms with E-state index in [2.05, 4.69) is 4.98 Å². The highest BCUT2D eigenvalue weighted by Crippen LogP contribution is 2.28. The van der Waals surface area contributed by atoms with Crippen LogP contribution in [-0.2, 0) is 10.8 Å². The molecule has 4 heteroatoms. The second-order valence-electron chi connectivity index (χ2n) is 3.76. The van der Waals surface area contributed by atoms with E-state index < -0.39 is 10.8 Å². The molecule has 0 amide bonds. The third-order valence-corrected chi connectivity index (χ3v) is 3.68. The Morgan fingerprint density at radius 2 is 2.00 bits per heavy atom. The first kappa shape index (κ1) is 12.3. The topological polar surface area (TPSA) is 30.0 Å². The van der Waals surface area contributed by atoms with E-state index in [0.29, 0.717) is 5.02 Å². The van der Waals surface area contributed by atoms with Crippen LogP contribution in [0.3, 0.4) is 0 Å². The Morgan fingerprint density at radius 1 is 1.24 bits per heavy atom. The summed E-state index contributed by atoms with van der Waals surface area (Å²) in [6.07, 6.45) is 1.65. The molecular weight excluding hydrogens is 254 g/mol. The average Bonchev–Trinajstić information content (AvgIpc) is 2.29. The van der Waals surface area contributed by atoms with E-state index in [1.54, 1.807) is 18.4 Å². The maximum atomic E-state index is 11.5. The highest BCUT2D eigenvalue weighted by atomic mass is 35.5. The van der Waals surface area contributed by atoms with Gasteiger partial charge in [0, 0.05) is 33.2 Å². The minimum Gasteiger partial charge on any atom is -0.255 e. The molecule has 0 saturated carbocycles. The van der Waals surface area contributed by atoms with Crippen LogP contribution < -0.4 is 0 Å². The Balaban J connectivity index is 2.58. The summed E-state index contributed by atoms with van der Waals surface area (Å²) in [5.74, 6) is 0. The fraction of sp³-hybridized carbons (Fsp3) is 0.154. The Hall–Kier alpha value is -1.19. The molecule has 0 saturated heterocycles. The van der Waals surface area contributed by atoms with Crippen molar-refractivity contribution in [1.82, 2.24) is 4.98 Å². The summed E-state index contributed by atoms with van der Waals surface area (Å²) in [6, 6.07) is 11.1. The lowest BCUT2D eigenvalue weighted by molar-refractivity contribution is 0.687. The molecule has 1 atom stereocenters. The summed E-state index contributed by atoms with van der Waals surface area (Å²) >= 11 is 6.15. The first-order valence-corrected chi connectivity index (χ1v) is 7.08. The predicted molar refractivity (Wildman–Crippen MR) is 71.8 cm³/mol. The lowest BCUT2D eigenvalue weighted by atomic mass is 10.1. The zero-order valence-electron chi connectivity index (χ0n) is 9.61. The van der Waals surface area contributed by atoms with E-state index in [1.165, 1.54) is 0 Å². The molecule has 1 aromatic heterocycles. The summed E-state index contributed by atoms with van der Waals surface area (Å²) in [7, 11) is -1.01. The van der Waals surface area contributed by atoms with Gasteiger partial charge in [0.2, 0.25) is 0 Å². The van der Waals surface area contributed by atoms with Crippen molar-refractivity contribution in [1.29, 1.82) is 0 Å². The average molecular weight is 266 g/mol. The van der Waals surface area contributed by atoms with Gasteiger partial charge < -0.3 is 0 Å². The van der Waals surface area contributed by atoms with E-state index >= 15 is 0 Å². The van der Waals surface area contributed by atoms with Gasteiger partial charge in [0.15, 0.2) is 0 Å². The molecule has 2 nitrogen and oxygen atoms in total. The molecular formula is C13H12ClNOS. The van der Waals surface area contributed by atoms with Crippen molar-refractivity contribution in [2.24, 2.45) is 0 Å². The van der Waals surface area contributed by atoms with Gasteiger partial charge in [0.1, 0.15) is 0 Å². The molecule has 2 aromatic rings. The van der Waals surface area contributed by atoms with Crippen molar-refractivity contribution in [2.45, 2.75) is 11.8 Å². The van der Waals surface area contributed by atoms with Gasteiger partial charge in [0.25, 0.3) is 0 Å². The van der Waals surface area contributed by atoms with Gasteiger partial charge in [-0.2, -0.15) is 0 Å². The molecule has 1 unspecified atom stereocenters. The fourth-order valence-corrected chi connectivity index (χ4v) is 2.33. The Kier molecular flexibility index (Phi) is 3.60. The quantitative estimate of drug-likeness (QED) is 0.833. The highest BCUT2D eigenvalue weighted by molar-refractivity contribution is 7.84. The normalized spacial score (nSPS) is 12.4. The van der Waals surface area contributed by atoms with Crippen molar-refractivity contribution in [3.63, 3.8) is 0 Å². The Labute approximate surface area is 108 Å². The van der Waals surface area contributed by atoms with Crippen LogP contribution in [0.1, 0.15) is 5.69 Å². The number of aromatic nitrogens is 1. The molecule has 0 aliphatic rings. The molecule has 0 radical (unpaired) electrons. The van der Waals surface area contributed by atoms with Crippen LogP contribution in [0.15, 0.2) is 41.3 Å². The largest absolute Gasteiger partial charge is 0.255 e. The third-order valence-electron chi connectivity index (χ3n) is 2.43. The number of aryl methyl sites for hydroxylation is 1. The standard InChI is InChI=1S/C13H12ClNOS/c1-9-4-3-5-13(15-9)11-8-10(17(2)16)6-7-12(11)14/h3-8H,1-2H3. The van der Waals surface area contributed by atoms with Gasteiger partial charge in [-0.3, -0.25) is 9.19 Å². The second-order valence-corrected chi connectivity index (χ2v) is 5.55. The van der Waals surface area contributed by atoms with Gasteiger partial charge in [-0.25, -0.2) is 0 Å². The molecule has 0 fully saturated rings. The SMILES string of the molecule is Cc1cccc(-c2cc(S(C)=O)ccc2Cl)n1. The molecule has 17 heavy (non-hydrogen) atoms. The minimum atomic E-state index is -1.01. The zero-order valence-corrected chi connectivity index (χ0v) is 11.2. The van der Waals surface area contributed by atoms with Crippen molar-refractivity contribution in [3.05, 3.63) is 47.1 Å². The molecule has 1 heterocycles. The van der Waals surface area contributed by atoms with Crippen LogP contribution >= 0.6 is 11.6 Å². The van der Waals surface area contributed by atoms with Crippen LogP contribution in [0.5, 0.6) is 0 Å². The lowest BCUT2D eigenvalue weighted by Crippen LogP contribution is -1.91. The molecule has 1 aromatic carbocycles. The monoisotopic (exact) mass is 265 g/mol. The second kappa shape index (κ2) is 4.98. The number of hydrogen-bond donors (Lipinski definition) is 0. The predicted octanol–water partition coefficient (Wildman–Crippen LogP) is 3.45. The molecule has 0 aliphatic carbocycles. The fourth-order valence-electron chi connectivity index (χ4n) is 1.57. The van der Waals surface area contributed by atoms with E-state index in [4.69, 9.17) is 11.6 Å². The van der Waals surface area contributed by atoms with Crippen LogP contribution in [0, 0.1) is 6.92 Å². The first-order chi connectivity index (χ1) is 8.08. The zero-order chi connectivity index (χ0) is 12.4. The van der Waals surface area contributed by atoms with Crippen LogP contribution in [0.25, 0.3) is 11.3 Å². The molecule has 0 N–H and O–H groups in total. The first-order valence-electron chi connectivity index (χ1n) is 5.15. The number of rotatable bonds is 2. The summed E-state index contributed by atoms with van der Waals surface area (Å²) < 4.78 is 11.5. The molecule has 2 rings (SSSR count). The smallest absolute Gasteiger partial charge is 0.0720 e. The van der Waals surface area contributed by atoms with Crippen molar-refractivity contribution in [3.8, 4) is 11.3 Å². The van der Waals surface area contributed by atoms with Gasteiger partial charge >= 0.3 is 0 Å². The number of nitrogens with zero attached hydrogens (tertiary/aromatic N) is 1. The summed E-state index contributed by atoms with van der Waals surface area (Å²) in [5, 5.41) is 0.623. The molecule has 0 bridgehead atoms. The maximum absolute atomic E-state index is 11.5. The van der Waals surface area contributed by atoms with Crippen LogP contribution in [-0.4, -0.2) is 15.4 Å². The van der Waals surface area contributed by atoms with E-state index in [-0.39, 0.29) is 0 Å². The molecule has 0 aliphatic heterocycles. The van der Waals surface area contributed by atoms with Crippen LogP contribution in [0.2, 0.25) is 5.02 Å². The lowest BCUT2D eigenvalue weighted by Gasteiger charge is -2.06. The van der Waals surface area contributed by atoms with Crippen molar-refractivity contribution in [2.75, 3.05) is 6.26 Å². The van der Waals surface area contributed by atoms with Gasteiger partial charge in [0.05, 0.1) is 10.7 Å². The molecule has 0 spiro atoms. The van der Waals surface area contributed by atoms with E-state index in [9.17, 15) is 4.21 Å². The molecule has 88 valence electrons. The minimum absolute atomic E-state index is 0.623. The van der Waals surface area contributed by atoms with Gasteiger partial charge in [-0.05, 0) is 37.3 Å². The van der Waals surface area contributed by atoms with Crippen molar-refractivity contribution >= 4 is 22.4 Å². The van der Waals surface area contributed by atoms with E-state index in [1.807, 2.05) is 31.2 Å². The highest BCUT2D eigenvalue weighted by Gasteiger charge is 2.08. The number of benzene rings is 1. The third kappa shape index (κ3) is 2.73. The number of halogens is 1. The van der Waals surface area contributed by atoms with Gasteiger partial charge in [-0.15, -0.1) is 0 Å². The Morgan fingerprint density at radius 3 is 2.65 bits per heavy atom. The van der Waals surface area contributed by atoms with E-state index in [0.717, 1.165) is 21.8 Å². The Bertz CT molecular complexity index is 583. The van der Waals surface area contributed by atoms with Gasteiger partial charge in [-0.1, -0.05) is 17.7 Å². The number of pyridine rings is 1. The number of hydrogen-bond acceptors (Lipinski definition) is 2. The maximum Gasteiger partial charge on any atom is 0.0720 e. The summed E-state index contributed by atoms with van der Waals surface area (Å²) in [4.78, 5) is 5.18. The van der Waals surface area contributed by atoms with Crippen molar-refractivity contribution < 1.29 is 4.21 Å². The summed E-state index contributed by atoms with van der Waals surface area (Å²) in [5.41, 5.74) is 2.56. The summed E-state index contributed by atoms with van der Waals surface area (Å²) in [6.45, 7) is 1.93.